The fourth-order valence-electron chi connectivity index (χ4n) is 1.65. The van der Waals surface area contributed by atoms with E-state index in [0.29, 0.717) is 5.56 Å². The van der Waals surface area contributed by atoms with Gasteiger partial charge in [-0.3, -0.25) is 0 Å². The molecule has 1 heterocycles. The van der Waals surface area contributed by atoms with Gasteiger partial charge in [-0.15, -0.1) is 22.9 Å². The topological polar surface area (TPSA) is 12.9 Å². The number of benzene rings is 1. The van der Waals surface area contributed by atoms with E-state index < -0.39 is 0 Å². The standard InChI is InChI=1S/C13H13ClFNS/c1-9-16-12(8-17-9)5-3-10-2-4-11(7-14)13(15)6-10/h2,4,6,8H,3,5,7H2,1H3. The zero-order valence-electron chi connectivity index (χ0n) is 9.54. The molecule has 0 spiro atoms. The lowest BCUT2D eigenvalue weighted by molar-refractivity contribution is 0.614. The molecule has 17 heavy (non-hydrogen) atoms. The number of rotatable bonds is 4. The molecule has 1 aromatic carbocycles. The van der Waals surface area contributed by atoms with Gasteiger partial charge in [-0.25, -0.2) is 9.37 Å². The molecule has 0 atom stereocenters. The summed E-state index contributed by atoms with van der Waals surface area (Å²) in [7, 11) is 0. The molecule has 0 aliphatic carbocycles. The van der Waals surface area contributed by atoms with Crippen LogP contribution in [-0.2, 0) is 18.7 Å². The van der Waals surface area contributed by atoms with Crippen LogP contribution in [0.4, 0.5) is 4.39 Å². The summed E-state index contributed by atoms with van der Waals surface area (Å²) in [6.45, 7) is 1.99. The molecule has 2 aromatic rings. The summed E-state index contributed by atoms with van der Waals surface area (Å²) < 4.78 is 13.5. The van der Waals surface area contributed by atoms with E-state index in [1.54, 1.807) is 23.5 Å². The van der Waals surface area contributed by atoms with Crippen LogP contribution in [0, 0.1) is 12.7 Å². The third-order valence-corrected chi connectivity index (χ3v) is 3.71. The molecule has 0 saturated carbocycles. The Morgan fingerprint density at radius 2 is 2.18 bits per heavy atom. The van der Waals surface area contributed by atoms with Gasteiger partial charge in [-0.2, -0.15) is 0 Å². The van der Waals surface area contributed by atoms with E-state index in [4.69, 9.17) is 11.6 Å². The molecule has 0 bridgehead atoms. The smallest absolute Gasteiger partial charge is 0.127 e. The van der Waals surface area contributed by atoms with Crippen LogP contribution in [0.1, 0.15) is 21.8 Å². The maximum absolute atomic E-state index is 13.5. The zero-order valence-corrected chi connectivity index (χ0v) is 11.1. The van der Waals surface area contributed by atoms with Gasteiger partial charge in [-0.05, 0) is 31.4 Å². The van der Waals surface area contributed by atoms with Crippen LogP contribution in [0.2, 0.25) is 0 Å². The number of hydrogen-bond acceptors (Lipinski definition) is 2. The fourth-order valence-corrected chi connectivity index (χ4v) is 2.51. The van der Waals surface area contributed by atoms with Crippen LogP contribution in [0.3, 0.4) is 0 Å². The average molecular weight is 270 g/mol. The van der Waals surface area contributed by atoms with Crippen molar-refractivity contribution in [1.82, 2.24) is 4.98 Å². The summed E-state index contributed by atoms with van der Waals surface area (Å²) in [5, 5.41) is 3.13. The van der Waals surface area contributed by atoms with Gasteiger partial charge in [0.15, 0.2) is 0 Å². The number of alkyl halides is 1. The van der Waals surface area contributed by atoms with Crippen molar-refractivity contribution in [2.24, 2.45) is 0 Å². The van der Waals surface area contributed by atoms with Gasteiger partial charge in [0, 0.05) is 10.9 Å². The number of halogens is 2. The first-order valence-electron chi connectivity index (χ1n) is 5.43. The third-order valence-electron chi connectivity index (χ3n) is 2.60. The van der Waals surface area contributed by atoms with Crippen molar-refractivity contribution in [3.05, 3.63) is 51.2 Å². The minimum absolute atomic E-state index is 0.216. The Kier molecular flexibility index (Phi) is 4.13. The van der Waals surface area contributed by atoms with Gasteiger partial charge < -0.3 is 0 Å². The van der Waals surface area contributed by atoms with Gasteiger partial charge in [0.1, 0.15) is 5.82 Å². The van der Waals surface area contributed by atoms with Crippen LogP contribution in [-0.4, -0.2) is 4.98 Å². The Bertz CT molecular complexity index is 510. The summed E-state index contributed by atoms with van der Waals surface area (Å²) in [5.74, 6) is 0.00386. The van der Waals surface area contributed by atoms with Crippen LogP contribution in [0.15, 0.2) is 23.6 Å². The molecule has 1 aromatic heterocycles. The summed E-state index contributed by atoms with van der Waals surface area (Å²) in [4.78, 5) is 4.39. The van der Waals surface area contributed by atoms with E-state index >= 15 is 0 Å². The minimum Gasteiger partial charge on any atom is -0.247 e. The van der Waals surface area contributed by atoms with Crippen molar-refractivity contribution < 1.29 is 4.39 Å². The molecular formula is C13H13ClFNS. The summed E-state index contributed by atoms with van der Waals surface area (Å²) in [6, 6.07) is 5.25. The van der Waals surface area contributed by atoms with E-state index in [9.17, 15) is 4.39 Å². The van der Waals surface area contributed by atoms with Gasteiger partial charge in [0.2, 0.25) is 0 Å². The van der Waals surface area contributed by atoms with Crippen molar-refractivity contribution in [1.29, 1.82) is 0 Å². The summed E-state index contributed by atoms with van der Waals surface area (Å²) >= 11 is 7.26. The molecule has 0 unspecified atom stereocenters. The van der Waals surface area contributed by atoms with Gasteiger partial charge in [0.05, 0.1) is 16.6 Å². The minimum atomic E-state index is -0.216. The lowest BCUT2D eigenvalue weighted by Gasteiger charge is -2.03. The van der Waals surface area contributed by atoms with E-state index in [1.807, 2.05) is 13.0 Å². The first kappa shape index (κ1) is 12.5. The SMILES string of the molecule is Cc1nc(CCc2ccc(CCl)c(F)c2)cs1. The van der Waals surface area contributed by atoms with Crippen LogP contribution >= 0.6 is 22.9 Å². The van der Waals surface area contributed by atoms with Crippen molar-refractivity contribution in [3.8, 4) is 0 Å². The fraction of sp³-hybridized carbons (Fsp3) is 0.308. The van der Waals surface area contributed by atoms with Gasteiger partial charge in [-0.1, -0.05) is 12.1 Å². The maximum atomic E-state index is 13.5. The first-order valence-corrected chi connectivity index (χ1v) is 6.84. The van der Waals surface area contributed by atoms with Gasteiger partial charge >= 0.3 is 0 Å². The van der Waals surface area contributed by atoms with Crippen LogP contribution in [0.5, 0.6) is 0 Å². The molecule has 0 saturated heterocycles. The molecule has 0 aliphatic heterocycles. The highest BCUT2D eigenvalue weighted by atomic mass is 35.5. The highest BCUT2D eigenvalue weighted by molar-refractivity contribution is 7.09. The monoisotopic (exact) mass is 269 g/mol. The Labute approximate surface area is 109 Å². The normalized spacial score (nSPS) is 10.8. The van der Waals surface area contributed by atoms with E-state index in [-0.39, 0.29) is 11.7 Å². The molecule has 90 valence electrons. The largest absolute Gasteiger partial charge is 0.247 e. The molecule has 0 fully saturated rings. The summed E-state index contributed by atoms with van der Waals surface area (Å²) in [5.41, 5.74) is 2.62. The predicted octanol–water partition coefficient (Wildman–Crippen LogP) is 4.11. The van der Waals surface area contributed by atoms with Gasteiger partial charge in [0.25, 0.3) is 0 Å². The molecule has 4 heteroatoms. The number of aromatic nitrogens is 1. The number of thiazole rings is 1. The number of aryl methyl sites for hydroxylation is 3. The second-order valence-corrected chi connectivity index (χ2v) is 5.25. The highest BCUT2D eigenvalue weighted by Crippen LogP contribution is 2.15. The first-order chi connectivity index (χ1) is 8.19. The molecule has 0 amide bonds. The number of hydrogen-bond donors (Lipinski definition) is 0. The quantitative estimate of drug-likeness (QED) is 0.761. The van der Waals surface area contributed by atoms with Crippen molar-refractivity contribution in [3.63, 3.8) is 0 Å². The highest BCUT2D eigenvalue weighted by Gasteiger charge is 2.04. The van der Waals surface area contributed by atoms with Crippen molar-refractivity contribution >= 4 is 22.9 Å². The van der Waals surface area contributed by atoms with Crippen molar-refractivity contribution in [2.45, 2.75) is 25.6 Å². The molecule has 0 aliphatic rings. The second-order valence-electron chi connectivity index (χ2n) is 3.92. The van der Waals surface area contributed by atoms with E-state index in [1.165, 1.54) is 0 Å². The Morgan fingerprint density at radius 3 is 2.76 bits per heavy atom. The Morgan fingerprint density at radius 1 is 1.35 bits per heavy atom. The van der Waals surface area contributed by atoms with E-state index in [2.05, 4.69) is 10.4 Å². The Balaban J connectivity index is 2.02. The second kappa shape index (κ2) is 5.61. The van der Waals surface area contributed by atoms with E-state index in [0.717, 1.165) is 29.1 Å². The molecule has 1 nitrogen and oxygen atoms in total. The zero-order chi connectivity index (χ0) is 12.3. The molecule has 2 rings (SSSR count). The maximum Gasteiger partial charge on any atom is 0.127 e. The average Bonchev–Trinajstić information content (AvgIpc) is 2.73. The summed E-state index contributed by atoms with van der Waals surface area (Å²) in [6.07, 6.45) is 1.66. The predicted molar refractivity (Wildman–Crippen MR) is 70.2 cm³/mol. The lowest BCUT2D eigenvalue weighted by Crippen LogP contribution is -1.94. The molecular weight excluding hydrogens is 257 g/mol. The lowest BCUT2D eigenvalue weighted by atomic mass is 10.1. The molecule has 0 N–H and O–H groups in total. The van der Waals surface area contributed by atoms with Crippen LogP contribution in [0.25, 0.3) is 0 Å². The number of nitrogens with zero attached hydrogens (tertiary/aromatic N) is 1. The Hall–Kier alpha value is -0.930. The van der Waals surface area contributed by atoms with Crippen molar-refractivity contribution in [2.75, 3.05) is 0 Å². The third kappa shape index (κ3) is 3.27. The molecule has 0 radical (unpaired) electrons. The van der Waals surface area contributed by atoms with Crippen LogP contribution < -0.4 is 0 Å².